The molecule has 0 aliphatic carbocycles. The molecule has 2 aromatic rings. The zero-order chi connectivity index (χ0) is 19.8. The van der Waals surface area contributed by atoms with Gasteiger partial charge < -0.3 is 21.2 Å². The van der Waals surface area contributed by atoms with Crippen molar-refractivity contribution in [3.63, 3.8) is 0 Å². The summed E-state index contributed by atoms with van der Waals surface area (Å²) >= 11 is 0. The number of allylic oxidation sites excluding steroid dienone is 1. The molecular formula is C23H27N5O. The lowest BCUT2D eigenvalue weighted by atomic mass is 9.91. The van der Waals surface area contributed by atoms with Gasteiger partial charge in [-0.2, -0.15) is 0 Å². The van der Waals surface area contributed by atoms with Gasteiger partial charge in [-0.25, -0.2) is 0 Å². The number of phenols is 1. The van der Waals surface area contributed by atoms with Gasteiger partial charge in [0.2, 0.25) is 0 Å². The predicted molar refractivity (Wildman–Crippen MR) is 117 cm³/mol. The molecule has 0 saturated heterocycles. The van der Waals surface area contributed by atoms with Crippen molar-refractivity contribution in [1.82, 2.24) is 21.3 Å². The molecule has 1 unspecified atom stereocenters. The molecule has 6 nitrogen and oxygen atoms in total. The molecule has 3 aliphatic rings. The lowest BCUT2D eigenvalue weighted by Gasteiger charge is -2.22. The fourth-order valence-corrected chi connectivity index (χ4v) is 4.50. The summed E-state index contributed by atoms with van der Waals surface area (Å²) in [6.07, 6.45) is 4.30. The van der Waals surface area contributed by atoms with Crippen LogP contribution in [-0.2, 0) is 0 Å². The van der Waals surface area contributed by atoms with Crippen molar-refractivity contribution in [2.24, 2.45) is 0 Å². The van der Waals surface area contributed by atoms with Gasteiger partial charge in [0, 0.05) is 30.4 Å². The first-order valence-electron chi connectivity index (χ1n) is 10.3. The largest absolute Gasteiger partial charge is 0.508 e. The third-order valence-corrected chi connectivity index (χ3v) is 5.95. The van der Waals surface area contributed by atoms with Crippen molar-refractivity contribution in [3.05, 3.63) is 70.9 Å². The summed E-state index contributed by atoms with van der Waals surface area (Å²) in [5.41, 5.74) is 15.1. The zero-order valence-electron chi connectivity index (χ0n) is 16.6. The Morgan fingerprint density at radius 2 is 2.10 bits per heavy atom. The van der Waals surface area contributed by atoms with Crippen LogP contribution in [0.5, 0.6) is 5.75 Å². The van der Waals surface area contributed by atoms with E-state index in [0.717, 1.165) is 43.9 Å². The highest BCUT2D eigenvalue weighted by Crippen LogP contribution is 2.39. The number of nitrogens with one attached hydrogen (secondary N) is 4. The number of aromatic hydroxyl groups is 1. The van der Waals surface area contributed by atoms with E-state index in [1.165, 1.54) is 28.0 Å². The molecule has 3 heterocycles. The average molecular weight is 390 g/mol. The Morgan fingerprint density at radius 1 is 1.17 bits per heavy atom. The summed E-state index contributed by atoms with van der Waals surface area (Å²) < 4.78 is 0. The molecule has 6 heteroatoms. The lowest BCUT2D eigenvalue weighted by molar-refractivity contribution is 0.281. The van der Waals surface area contributed by atoms with Crippen molar-refractivity contribution in [3.8, 4) is 5.75 Å². The molecule has 0 radical (unpaired) electrons. The van der Waals surface area contributed by atoms with Gasteiger partial charge in [-0.1, -0.05) is 24.3 Å². The Morgan fingerprint density at radius 3 is 2.93 bits per heavy atom. The Labute approximate surface area is 171 Å². The molecule has 0 aromatic heterocycles. The fraction of sp³-hybridized carbons (Fsp3) is 0.304. The van der Waals surface area contributed by atoms with E-state index in [1.54, 1.807) is 12.1 Å². The molecule has 5 N–H and O–H groups in total. The zero-order valence-corrected chi connectivity index (χ0v) is 16.6. The van der Waals surface area contributed by atoms with Crippen LogP contribution in [0.25, 0.3) is 11.3 Å². The van der Waals surface area contributed by atoms with Crippen molar-refractivity contribution < 1.29 is 5.11 Å². The monoisotopic (exact) mass is 389 g/mol. The van der Waals surface area contributed by atoms with E-state index in [1.807, 2.05) is 12.1 Å². The molecule has 2 aromatic carbocycles. The van der Waals surface area contributed by atoms with Gasteiger partial charge in [0.25, 0.3) is 0 Å². The highest BCUT2D eigenvalue weighted by molar-refractivity contribution is 5.76. The van der Waals surface area contributed by atoms with Crippen molar-refractivity contribution in [2.75, 3.05) is 25.0 Å². The molecule has 0 spiro atoms. The molecule has 1 atom stereocenters. The first-order chi connectivity index (χ1) is 14.2. The maximum atomic E-state index is 9.89. The maximum Gasteiger partial charge on any atom is 0.117 e. The van der Waals surface area contributed by atoms with E-state index in [2.05, 4.69) is 57.8 Å². The second-order valence-electron chi connectivity index (χ2n) is 7.88. The van der Waals surface area contributed by atoms with E-state index in [0.29, 0.717) is 0 Å². The molecule has 29 heavy (non-hydrogen) atoms. The van der Waals surface area contributed by atoms with Gasteiger partial charge in [-0.05, 0) is 61.2 Å². The van der Waals surface area contributed by atoms with Gasteiger partial charge in [-0.3, -0.25) is 5.01 Å². The number of hydrazine groups is 2. The minimum Gasteiger partial charge on any atom is -0.508 e. The number of benzene rings is 2. The molecule has 150 valence electrons. The van der Waals surface area contributed by atoms with Crippen LogP contribution in [0, 0.1) is 0 Å². The van der Waals surface area contributed by atoms with E-state index in [9.17, 15) is 5.11 Å². The van der Waals surface area contributed by atoms with Crippen LogP contribution in [0.4, 0.5) is 5.69 Å². The highest BCUT2D eigenvalue weighted by atomic mass is 16.3. The van der Waals surface area contributed by atoms with Crippen LogP contribution < -0.4 is 21.6 Å². The Hall–Kier alpha value is -2.96. The van der Waals surface area contributed by atoms with Gasteiger partial charge in [0.05, 0.1) is 17.4 Å². The molecule has 0 bridgehead atoms. The highest BCUT2D eigenvalue weighted by Gasteiger charge is 2.30. The number of phenolic OH excluding ortho intramolecular Hbond substituents is 1. The second kappa shape index (κ2) is 7.46. The molecule has 0 amide bonds. The van der Waals surface area contributed by atoms with Gasteiger partial charge in [0.15, 0.2) is 0 Å². The van der Waals surface area contributed by atoms with E-state index in [4.69, 9.17) is 0 Å². The van der Waals surface area contributed by atoms with E-state index in [-0.39, 0.29) is 11.8 Å². The SMILES string of the molecule is CC1=C2c3ccc(C4=CCNCC4)cc3C(Nc3cccc(O)c3)CCN2NN1. The summed E-state index contributed by atoms with van der Waals surface area (Å²) in [7, 11) is 0. The number of rotatable bonds is 3. The van der Waals surface area contributed by atoms with Crippen molar-refractivity contribution in [2.45, 2.75) is 25.8 Å². The van der Waals surface area contributed by atoms with Crippen molar-refractivity contribution >= 4 is 17.0 Å². The minimum absolute atomic E-state index is 0.154. The molecule has 0 fully saturated rings. The summed E-state index contributed by atoms with van der Waals surface area (Å²) in [6.45, 7) is 4.95. The van der Waals surface area contributed by atoms with E-state index >= 15 is 0 Å². The minimum atomic E-state index is 0.154. The van der Waals surface area contributed by atoms with E-state index < -0.39 is 0 Å². The van der Waals surface area contributed by atoms with Crippen LogP contribution >= 0.6 is 0 Å². The van der Waals surface area contributed by atoms with Crippen LogP contribution in [0.15, 0.2) is 54.2 Å². The normalized spacial score (nSPS) is 21.1. The smallest absolute Gasteiger partial charge is 0.117 e. The van der Waals surface area contributed by atoms with Crippen LogP contribution in [0.2, 0.25) is 0 Å². The third kappa shape index (κ3) is 3.45. The third-order valence-electron chi connectivity index (χ3n) is 5.95. The van der Waals surface area contributed by atoms with Crippen LogP contribution in [0.3, 0.4) is 0 Å². The van der Waals surface area contributed by atoms with Crippen LogP contribution in [-0.4, -0.2) is 29.7 Å². The number of hydrogen-bond donors (Lipinski definition) is 5. The summed E-state index contributed by atoms with van der Waals surface area (Å²) in [5.74, 6) is 0.280. The molecule has 3 aliphatic heterocycles. The molecule has 0 saturated carbocycles. The second-order valence-corrected chi connectivity index (χ2v) is 7.88. The Kier molecular flexibility index (Phi) is 4.66. The predicted octanol–water partition coefficient (Wildman–Crippen LogP) is 3.34. The standard InChI is InChI=1S/C23H27N5O/c1-15-23-20-6-5-17(16-7-10-24-11-8-16)13-21(20)22(9-12-28(23)27-26-15)25-18-3-2-4-19(29)14-18/h2-7,13-14,22,24-27,29H,8-12H2,1H3. The average Bonchev–Trinajstić information content (AvgIpc) is 3.03. The van der Waals surface area contributed by atoms with Crippen molar-refractivity contribution in [1.29, 1.82) is 0 Å². The Balaban J connectivity index is 1.59. The summed E-state index contributed by atoms with van der Waals surface area (Å²) in [4.78, 5) is 0. The maximum absolute atomic E-state index is 9.89. The fourth-order valence-electron chi connectivity index (χ4n) is 4.50. The molecule has 5 rings (SSSR count). The summed E-state index contributed by atoms with van der Waals surface area (Å²) in [5, 5.41) is 19.1. The lowest BCUT2D eigenvalue weighted by Crippen LogP contribution is -2.37. The number of anilines is 1. The van der Waals surface area contributed by atoms with Gasteiger partial charge in [-0.15, -0.1) is 5.53 Å². The molecular weight excluding hydrogens is 362 g/mol. The number of nitrogens with zero attached hydrogens (tertiary/aromatic N) is 1. The van der Waals surface area contributed by atoms with Gasteiger partial charge >= 0.3 is 0 Å². The first kappa shape index (κ1) is 18.1. The van der Waals surface area contributed by atoms with Gasteiger partial charge in [0.1, 0.15) is 5.75 Å². The number of hydrogen-bond acceptors (Lipinski definition) is 6. The topological polar surface area (TPSA) is 71.6 Å². The summed E-state index contributed by atoms with van der Waals surface area (Å²) in [6, 6.07) is 14.4. The van der Waals surface area contributed by atoms with Crippen LogP contribution in [0.1, 0.15) is 42.5 Å². The number of fused-ring (bicyclic) bond motifs is 3. The Bertz CT molecular complexity index is 997. The quantitative estimate of drug-likeness (QED) is 0.555. The first-order valence-corrected chi connectivity index (χ1v) is 10.3.